The van der Waals surface area contributed by atoms with Crippen molar-refractivity contribution in [2.75, 3.05) is 5.32 Å². The number of hydrogen-bond acceptors (Lipinski definition) is 2. The molecule has 0 unspecified atom stereocenters. The summed E-state index contributed by atoms with van der Waals surface area (Å²) in [6, 6.07) is 6.43. The lowest BCUT2D eigenvalue weighted by molar-refractivity contribution is 0.102. The topological polar surface area (TPSA) is 42.0 Å². The molecule has 0 atom stereocenters. The number of anilines is 1. The summed E-state index contributed by atoms with van der Waals surface area (Å²) in [6.07, 6.45) is 0. The van der Waals surface area contributed by atoms with E-state index in [2.05, 4.69) is 10.3 Å². The highest BCUT2D eigenvalue weighted by molar-refractivity contribution is 6.35. The summed E-state index contributed by atoms with van der Waals surface area (Å²) in [5, 5.41) is 2.14. The van der Waals surface area contributed by atoms with Crippen LogP contribution in [0.15, 0.2) is 24.3 Å². The van der Waals surface area contributed by atoms with Gasteiger partial charge in [0.25, 0.3) is 5.91 Å². The summed E-state index contributed by atoms with van der Waals surface area (Å²) < 4.78 is 13.3. The Balaban J connectivity index is 2.28. The summed E-state index contributed by atoms with van der Waals surface area (Å²) in [5.41, 5.74) is 2.69. The number of aryl methyl sites for hydroxylation is 2. The molecule has 20 heavy (non-hydrogen) atoms. The van der Waals surface area contributed by atoms with E-state index in [4.69, 9.17) is 23.2 Å². The van der Waals surface area contributed by atoms with E-state index in [9.17, 15) is 9.18 Å². The zero-order valence-corrected chi connectivity index (χ0v) is 12.3. The van der Waals surface area contributed by atoms with E-state index in [1.165, 1.54) is 0 Å². The van der Waals surface area contributed by atoms with E-state index in [1.54, 1.807) is 6.07 Å². The Kier molecular flexibility index (Phi) is 4.26. The molecule has 0 saturated carbocycles. The second-order valence-corrected chi connectivity index (χ2v) is 5.07. The van der Waals surface area contributed by atoms with Gasteiger partial charge in [0.15, 0.2) is 11.0 Å². The Morgan fingerprint density at radius 3 is 2.50 bits per heavy atom. The second-order valence-electron chi connectivity index (χ2n) is 4.35. The fraction of sp³-hybridized carbons (Fsp3) is 0.143. The van der Waals surface area contributed by atoms with Crippen molar-refractivity contribution in [3.05, 3.63) is 57.1 Å². The molecule has 0 saturated heterocycles. The Morgan fingerprint density at radius 1 is 1.15 bits per heavy atom. The van der Waals surface area contributed by atoms with Crippen molar-refractivity contribution in [3.8, 4) is 0 Å². The van der Waals surface area contributed by atoms with Gasteiger partial charge in [-0.05, 0) is 43.2 Å². The molecule has 1 aromatic carbocycles. The highest BCUT2D eigenvalue weighted by atomic mass is 35.5. The van der Waals surface area contributed by atoms with Crippen LogP contribution in [0.5, 0.6) is 0 Å². The number of aromatic nitrogens is 1. The van der Waals surface area contributed by atoms with Gasteiger partial charge in [-0.2, -0.15) is 0 Å². The molecule has 1 aromatic heterocycles. The normalized spacial score (nSPS) is 10.4. The van der Waals surface area contributed by atoms with Gasteiger partial charge in [0.1, 0.15) is 5.15 Å². The third kappa shape index (κ3) is 3.08. The zero-order valence-electron chi connectivity index (χ0n) is 10.8. The number of nitrogens with one attached hydrogen (secondary N) is 1. The van der Waals surface area contributed by atoms with E-state index in [1.807, 2.05) is 26.0 Å². The van der Waals surface area contributed by atoms with Crippen molar-refractivity contribution in [1.82, 2.24) is 4.98 Å². The summed E-state index contributed by atoms with van der Waals surface area (Å²) >= 11 is 11.3. The van der Waals surface area contributed by atoms with Crippen LogP contribution in [0.25, 0.3) is 0 Å². The van der Waals surface area contributed by atoms with Crippen molar-refractivity contribution in [2.24, 2.45) is 0 Å². The first-order chi connectivity index (χ1) is 9.38. The smallest absolute Gasteiger partial charge is 0.258 e. The van der Waals surface area contributed by atoms with Crippen LogP contribution in [0.2, 0.25) is 10.3 Å². The van der Waals surface area contributed by atoms with Gasteiger partial charge in [0.05, 0.1) is 5.56 Å². The predicted octanol–water partition coefficient (Wildman–Crippen LogP) is 4.40. The molecule has 1 heterocycles. The molecule has 2 rings (SSSR count). The molecular weight excluding hydrogens is 302 g/mol. The first-order valence-corrected chi connectivity index (χ1v) is 6.54. The highest BCUT2D eigenvalue weighted by Gasteiger charge is 2.16. The van der Waals surface area contributed by atoms with Crippen LogP contribution < -0.4 is 5.32 Å². The average Bonchev–Trinajstić information content (AvgIpc) is 2.38. The lowest BCUT2D eigenvalue weighted by atomic mass is 10.1. The third-order valence-electron chi connectivity index (χ3n) is 2.90. The Hall–Kier alpha value is -1.65. The lowest BCUT2D eigenvalue weighted by Gasteiger charge is -2.09. The van der Waals surface area contributed by atoms with Crippen molar-refractivity contribution in [1.29, 1.82) is 0 Å². The maximum Gasteiger partial charge on any atom is 0.258 e. The van der Waals surface area contributed by atoms with E-state index >= 15 is 0 Å². The van der Waals surface area contributed by atoms with E-state index in [0.717, 1.165) is 17.2 Å². The standard InChI is InChI=1S/C14H11Cl2FN2O/c1-7-3-4-9(5-8(7)2)18-14(20)10-6-11(17)13(16)19-12(10)15/h3-6H,1-2H3,(H,18,20). The number of amides is 1. The van der Waals surface area contributed by atoms with Crippen molar-refractivity contribution < 1.29 is 9.18 Å². The number of nitrogens with zero attached hydrogens (tertiary/aromatic N) is 1. The molecule has 0 aliphatic heterocycles. The van der Waals surface area contributed by atoms with Gasteiger partial charge < -0.3 is 5.32 Å². The molecule has 1 N–H and O–H groups in total. The number of benzene rings is 1. The number of pyridine rings is 1. The second kappa shape index (κ2) is 5.77. The summed E-state index contributed by atoms with van der Waals surface area (Å²) in [4.78, 5) is 15.6. The van der Waals surface area contributed by atoms with E-state index in [-0.39, 0.29) is 15.9 Å². The zero-order chi connectivity index (χ0) is 14.9. The van der Waals surface area contributed by atoms with Crippen LogP contribution in [0.3, 0.4) is 0 Å². The Bertz CT molecular complexity index is 689. The highest BCUT2D eigenvalue weighted by Crippen LogP contribution is 2.22. The number of hydrogen-bond donors (Lipinski definition) is 1. The van der Waals surface area contributed by atoms with Crippen molar-refractivity contribution in [3.63, 3.8) is 0 Å². The van der Waals surface area contributed by atoms with Gasteiger partial charge in [0.2, 0.25) is 0 Å². The molecule has 0 fully saturated rings. The van der Waals surface area contributed by atoms with Gasteiger partial charge in [0, 0.05) is 5.69 Å². The van der Waals surface area contributed by atoms with Gasteiger partial charge in [-0.1, -0.05) is 29.3 Å². The Morgan fingerprint density at radius 2 is 1.85 bits per heavy atom. The molecule has 0 bridgehead atoms. The maximum absolute atomic E-state index is 13.3. The van der Waals surface area contributed by atoms with E-state index < -0.39 is 11.7 Å². The van der Waals surface area contributed by atoms with Crippen molar-refractivity contribution >= 4 is 34.8 Å². The van der Waals surface area contributed by atoms with Crippen LogP contribution in [0.4, 0.5) is 10.1 Å². The van der Waals surface area contributed by atoms with E-state index in [0.29, 0.717) is 5.69 Å². The van der Waals surface area contributed by atoms with Gasteiger partial charge in [-0.25, -0.2) is 9.37 Å². The first kappa shape index (κ1) is 14.8. The minimum atomic E-state index is -0.790. The van der Waals surface area contributed by atoms with Gasteiger partial charge >= 0.3 is 0 Å². The van der Waals surface area contributed by atoms with Crippen LogP contribution in [-0.2, 0) is 0 Å². The summed E-state index contributed by atoms with van der Waals surface area (Å²) in [7, 11) is 0. The molecule has 6 heteroatoms. The van der Waals surface area contributed by atoms with Crippen LogP contribution >= 0.6 is 23.2 Å². The molecule has 2 aromatic rings. The van der Waals surface area contributed by atoms with Crippen LogP contribution in [0, 0.1) is 19.7 Å². The van der Waals surface area contributed by atoms with Gasteiger partial charge in [-0.3, -0.25) is 4.79 Å². The molecule has 0 aliphatic carbocycles. The lowest BCUT2D eigenvalue weighted by Crippen LogP contribution is -2.13. The van der Waals surface area contributed by atoms with Gasteiger partial charge in [-0.15, -0.1) is 0 Å². The molecule has 104 valence electrons. The molecule has 0 spiro atoms. The summed E-state index contributed by atoms with van der Waals surface area (Å²) in [6.45, 7) is 3.90. The largest absolute Gasteiger partial charge is 0.322 e. The minimum Gasteiger partial charge on any atom is -0.322 e. The summed E-state index contributed by atoms with van der Waals surface area (Å²) in [5.74, 6) is -1.33. The fourth-order valence-electron chi connectivity index (χ4n) is 1.62. The maximum atomic E-state index is 13.3. The molecule has 0 aliphatic rings. The molecule has 3 nitrogen and oxygen atoms in total. The average molecular weight is 313 g/mol. The minimum absolute atomic E-state index is 0.0632. The van der Waals surface area contributed by atoms with Crippen LogP contribution in [-0.4, -0.2) is 10.9 Å². The quantitative estimate of drug-likeness (QED) is 0.835. The first-order valence-electron chi connectivity index (χ1n) is 5.78. The molecular formula is C14H11Cl2FN2O. The number of carbonyl (C=O) groups is 1. The number of carbonyl (C=O) groups excluding carboxylic acids is 1. The molecule has 1 amide bonds. The number of halogens is 3. The third-order valence-corrected chi connectivity index (χ3v) is 3.45. The van der Waals surface area contributed by atoms with Crippen molar-refractivity contribution in [2.45, 2.75) is 13.8 Å². The SMILES string of the molecule is Cc1ccc(NC(=O)c2cc(F)c(Cl)nc2Cl)cc1C. The predicted molar refractivity (Wildman–Crippen MR) is 78.1 cm³/mol. The number of rotatable bonds is 2. The molecule has 0 radical (unpaired) electrons. The fourth-order valence-corrected chi connectivity index (χ4v) is 2.03. The Labute approximate surface area is 125 Å². The monoisotopic (exact) mass is 312 g/mol. The van der Waals surface area contributed by atoms with Crippen LogP contribution in [0.1, 0.15) is 21.5 Å².